The Morgan fingerprint density at radius 1 is 1.11 bits per heavy atom. The molecule has 1 aliphatic heterocycles. The number of nitro benzene ring substituents is 1. The molecule has 1 saturated heterocycles. The molecule has 1 heterocycles. The number of sulfonamides is 1. The fourth-order valence-electron chi connectivity index (χ4n) is 2.78. The lowest BCUT2D eigenvalue weighted by molar-refractivity contribution is -0.385. The van der Waals surface area contributed by atoms with Crippen molar-refractivity contribution < 1.29 is 22.8 Å². The molecule has 9 heteroatoms. The number of rotatable bonds is 5. The van der Waals surface area contributed by atoms with Crippen molar-refractivity contribution >= 4 is 15.7 Å². The van der Waals surface area contributed by atoms with E-state index in [1.165, 1.54) is 16.4 Å². The zero-order valence-electron chi connectivity index (χ0n) is 15.0. The van der Waals surface area contributed by atoms with E-state index in [0.717, 1.165) is 17.2 Å². The van der Waals surface area contributed by atoms with Crippen LogP contribution in [0.3, 0.4) is 0 Å². The molecule has 1 fully saturated rings. The molecule has 0 saturated carbocycles. The monoisotopic (exact) mass is 392 g/mol. The van der Waals surface area contributed by atoms with E-state index in [-0.39, 0.29) is 42.6 Å². The third kappa shape index (κ3) is 3.95. The molecular formula is C18H20N2O6S. The van der Waals surface area contributed by atoms with E-state index < -0.39 is 14.9 Å². The van der Waals surface area contributed by atoms with E-state index in [1.54, 1.807) is 12.1 Å². The van der Waals surface area contributed by atoms with Crippen LogP contribution in [0, 0.1) is 24.0 Å². The fourth-order valence-corrected chi connectivity index (χ4v) is 4.32. The van der Waals surface area contributed by atoms with Crippen molar-refractivity contribution in [2.45, 2.75) is 18.7 Å². The number of non-ortho nitro benzene ring substituents is 1. The second-order valence-corrected chi connectivity index (χ2v) is 8.11. The first-order valence-electron chi connectivity index (χ1n) is 8.41. The highest BCUT2D eigenvalue weighted by Gasteiger charge is 2.31. The summed E-state index contributed by atoms with van der Waals surface area (Å²) in [6.45, 7) is 4.72. The third-order valence-electron chi connectivity index (χ3n) is 4.50. The first kappa shape index (κ1) is 19.3. The molecule has 2 aromatic rings. The fraction of sp³-hybridized carbons (Fsp3) is 0.333. The molecule has 27 heavy (non-hydrogen) atoms. The van der Waals surface area contributed by atoms with Gasteiger partial charge in [-0.2, -0.15) is 4.31 Å². The number of nitro groups is 1. The van der Waals surface area contributed by atoms with Gasteiger partial charge in [-0.1, -0.05) is 12.1 Å². The van der Waals surface area contributed by atoms with Gasteiger partial charge in [-0.15, -0.1) is 0 Å². The van der Waals surface area contributed by atoms with Crippen molar-refractivity contribution in [1.29, 1.82) is 0 Å². The molecule has 0 N–H and O–H groups in total. The van der Waals surface area contributed by atoms with Gasteiger partial charge in [0.1, 0.15) is 16.4 Å². The van der Waals surface area contributed by atoms with Crippen molar-refractivity contribution in [3.8, 4) is 11.5 Å². The maximum Gasteiger partial charge on any atom is 0.271 e. The van der Waals surface area contributed by atoms with Crippen LogP contribution < -0.4 is 4.74 Å². The molecule has 0 radical (unpaired) electrons. The number of nitrogens with zero attached hydrogens (tertiary/aromatic N) is 2. The standard InChI is InChI=1S/C18H20N2O6S/c1-13-4-3-5-16(14(13)2)26-17-7-6-15(20(21)22)12-18(17)27(23,24)19-8-10-25-11-9-19/h3-7,12H,8-11H2,1-2H3. The highest BCUT2D eigenvalue weighted by molar-refractivity contribution is 7.89. The first-order valence-corrected chi connectivity index (χ1v) is 9.85. The van der Waals surface area contributed by atoms with E-state index in [4.69, 9.17) is 9.47 Å². The van der Waals surface area contributed by atoms with Crippen LogP contribution in [0.1, 0.15) is 11.1 Å². The van der Waals surface area contributed by atoms with Crippen LogP contribution in [0.2, 0.25) is 0 Å². The highest BCUT2D eigenvalue weighted by Crippen LogP contribution is 2.35. The molecule has 2 aromatic carbocycles. The van der Waals surface area contributed by atoms with E-state index in [0.29, 0.717) is 5.75 Å². The Hall–Kier alpha value is -2.49. The van der Waals surface area contributed by atoms with Crippen LogP contribution in [0.4, 0.5) is 5.69 Å². The topological polar surface area (TPSA) is 99.0 Å². The van der Waals surface area contributed by atoms with Crippen LogP contribution in [0.5, 0.6) is 11.5 Å². The largest absolute Gasteiger partial charge is 0.456 e. The normalized spacial score (nSPS) is 15.5. The van der Waals surface area contributed by atoms with Crippen molar-refractivity contribution in [2.24, 2.45) is 0 Å². The van der Waals surface area contributed by atoms with Crippen molar-refractivity contribution in [1.82, 2.24) is 4.31 Å². The second-order valence-electron chi connectivity index (χ2n) is 6.20. The van der Waals surface area contributed by atoms with Crippen LogP contribution in [-0.2, 0) is 14.8 Å². The second kappa shape index (κ2) is 7.63. The number of morpholine rings is 1. The van der Waals surface area contributed by atoms with Gasteiger partial charge in [-0.05, 0) is 37.1 Å². The van der Waals surface area contributed by atoms with Gasteiger partial charge in [0.25, 0.3) is 5.69 Å². The molecule has 0 aliphatic carbocycles. The SMILES string of the molecule is Cc1cccc(Oc2ccc([N+](=O)[O-])cc2S(=O)(=O)N2CCOCC2)c1C. The number of aryl methyl sites for hydroxylation is 1. The van der Waals surface area contributed by atoms with Crippen molar-refractivity contribution in [2.75, 3.05) is 26.3 Å². The lowest BCUT2D eigenvalue weighted by atomic mass is 10.1. The Morgan fingerprint density at radius 2 is 1.81 bits per heavy atom. The highest BCUT2D eigenvalue weighted by atomic mass is 32.2. The average molecular weight is 392 g/mol. The molecule has 0 bridgehead atoms. The summed E-state index contributed by atoms with van der Waals surface area (Å²) in [7, 11) is -3.97. The van der Waals surface area contributed by atoms with Gasteiger partial charge in [-0.25, -0.2) is 8.42 Å². The smallest absolute Gasteiger partial charge is 0.271 e. The Labute approximate surface area is 157 Å². The molecule has 3 rings (SSSR count). The van der Waals surface area contributed by atoms with Crippen LogP contribution in [-0.4, -0.2) is 43.9 Å². The summed E-state index contributed by atoms with van der Waals surface area (Å²) in [5.41, 5.74) is 1.55. The Balaban J connectivity index is 2.08. The molecule has 8 nitrogen and oxygen atoms in total. The quantitative estimate of drug-likeness (QED) is 0.573. The van der Waals surface area contributed by atoms with E-state index >= 15 is 0 Å². The zero-order chi connectivity index (χ0) is 19.6. The molecule has 0 amide bonds. The Bertz CT molecular complexity index is 968. The predicted octanol–water partition coefficient (Wildman–Crippen LogP) is 3.02. The van der Waals surface area contributed by atoms with Gasteiger partial charge >= 0.3 is 0 Å². The summed E-state index contributed by atoms with van der Waals surface area (Å²) in [6, 6.07) is 9.06. The van der Waals surface area contributed by atoms with E-state index in [2.05, 4.69) is 0 Å². The Kier molecular flexibility index (Phi) is 5.45. The number of ether oxygens (including phenoxy) is 2. The summed E-state index contributed by atoms with van der Waals surface area (Å²) in [6.07, 6.45) is 0. The number of benzene rings is 2. The summed E-state index contributed by atoms with van der Waals surface area (Å²) >= 11 is 0. The van der Waals surface area contributed by atoms with Gasteiger partial charge in [0.15, 0.2) is 0 Å². The molecule has 0 unspecified atom stereocenters. The van der Waals surface area contributed by atoms with Gasteiger partial charge in [0.05, 0.1) is 18.1 Å². The number of hydrogen-bond acceptors (Lipinski definition) is 6. The van der Waals surface area contributed by atoms with Gasteiger partial charge < -0.3 is 9.47 Å². The molecular weight excluding hydrogens is 372 g/mol. The molecule has 1 aliphatic rings. The van der Waals surface area contributed by atoms with E-state index in [9.17, 15) is 18.5 Å². The predicted molar refractivity (Wildman–Crippen MR) is 98.7 cm³/mol. The molecule has 0 spiro atoms. The summed E-state index contributed by atoms with van der Waals surface area (Å²) in [4.78, 5) is 10.3. The average Bonchev–Trinajstić information content (AvgIpc) is 2.66. The van der Waals surface area contributed by atoms with Crippen LogP contribution >= 0.6 is 0 Å². The summed E-state index contributed by atoms with van der Waals surface area (Å²) in [5.74, 6) is 0.558. The molecule has 0 atom stereocenters. The zero-order valence-corrected chi connectivity index (χ0v) is 15.9. The van der Waals surface area contributed by atoms with E-state index in [1.807, 2.05) is 19.9 Å². The van der Waals surface area contributed by atoms with Crippen molar-refractivity contribution in [3.05, 3.63) is 57.6 Å². The third-order valence-corrected chi connectivity index (χ3v) is 6.42. The summed E-state index contributed by atoms with van der Waals surface area (Å²) in [5, 5.41) is 11.2. The maximum absolute atomic E-state index is 13.1. The lowest BCUT2D eigenvalue weighted by Crippen LogP contribution is -2.40. The minimum Gasteiger partial charge on any atom is -0.456 e. The minimum atomic E-state index is -3.97. The lowest BCUT2D eigenvalue weighted by Gasteiger charge is -2.26. The van der Waals surface area contributed by atoms with Gasteiger partial charge in [-0.3, -0.25) is 10.1 Å². The summed E-state index contributed by atoms with van der Waals surface area (Å²) < 4.78 is 38.5. The van der Waals surface area contributed by atoms with Gasteiger partial charge in [0.2, 0.25) is 10.0 Å². The maximum atomic E-state index is 13.1. The van der Waals surface area contributed by atoms with Crippen LogP contribution in [0.15, 0.2) is 41.3 Å². The van der Waals surface area contributed by atoms with Crippen molar-refractivity contribution in [3.63, 3.8) is 0 Å². The van der Waals surface area contributed by atoms with Gasteiger partial charge in [0, 0.05) is 25.2 Å². The first-order chi connectivity index (χ1) is 12.8. The Morgan fingerprint density at radius 3 is 2.48 bits per heavy atom. The molecule has 144 valence electrons. The minimum absolute atomic E-state index is 0.0563. The molecule has 0 aromatic heterocycles. The van der Waals surface area contributed by atoms with Crippen LogP contribution in [0.25, 0.3) is 0 Å². The number of hydrogen-bond donors (Lipinski definition) is 0.